The summed E-state index contributed by atoms with van der Waals surface area (Å²) in [5.41, 5.74) is 0.786. The first-order valence-corrected chi connectivity index (χ1v) is 7.63. The lowest BCUT2D eigenvalue weighted by Crippen LogP contribution is -2.29. The predicted molar refractivity (Wildman–Crippen MR) is 85.0 cm³/mol. The van der Waals surface area contributed by atoms with Crippen LogP contribution >= 0.6 is 22.9 Å². The lowest BCUT2D eigenvalue weighted by molar-refractivity contribution is 0.0987. The number of amides is 1. The van der Waals surface area contributed by atoms with Crippen molar-refractivity contribution in [2.45, 2.75) is 6.54 Å². The topological polar surface area (TPSA) is 33.5 Å². The maximum absolute atomic E-state index is 12.7. The van der Waals surface area contributed by atoms with Crippen molar-refractivity contribution in [3.63, 3.8) is 0 Å². The van der Waals surface area contributed by atoms with Crippen LogP contribution in [0.25, 0.3) is 0 Å². The van der Waals surface area contributed by atoms with Crippen molar-refractivity contribution in [3.05, 3.63) is 75.8 Å². The fraction of sp³-hybridized carbons (Fsp3) is 0.0625. The number of furan rings is 1. The van der Waals surface area contributed by atoms with Gasteiger partial charge in [-0.15, -0.1) is 11.3 Å². The second-order valence-electron chi connectivity index (χ2n) is 4.42. The molecule has 0 aliphatic carbocycles. The van der Waals surface area contributed by atoms with E-state index in [9.17, 15) is 4.79 Å². The monoisotopic (exact) mass is 317 g/mol. The van der Waals surface area contributed by atoms with E-state index < -0.39 is 0 Å². The molecule has 0 atom stereocenters. The first-order chi connectivity index (χ1) is 10.2. The molecule has 5 heteroatoms. The number of halogens is 1. The highest BCUT2D eigenvalue weighted by Gasteiger charge is 2.20. The zero-order valence-corrected chi connectivity index (χ0v) is 12.6. The van der Waals surface area contributed by atoms with E-state index in [2.05, 4.69) is 0 Å². The Labute approximate surface area is 131 Å². The SMILES string of the molecule is O=C(c1cccs1)N(Cc1ccco1)c1ccc(Cl)cc1. The number of nitrogens with zero attached hydrogens (tertiary/aromatic N) is 1. The van der Waals surface area contributed by atoms with Crippen LogP contribution in [0, 0.1) is 0 Å². The van der Waals surface area contributed by atoms with Gasteiger partial charge < -0.3 is 9.32 Å². The summed E-state index contributed by atoms with van der Waals surface area (Å²) in [6.07, 6.45) is 1.60. The van der Waals surface area contributed by atoms with Gasteiger partial charge in [-0.1, -0.05) is 17.7 Å². The van der Waals surface area contributed by atoms with Crippen LogP contribution in [0.4, 0.5) is 5.69 Å². The van der Waals surface area contributed by atoms with Crippen LogP contribution in [0.3, 0.4) is 0 Å². The molecular weight excluding hydrogens is 306 g/mol. The smallest absolute Gasteiger partial charge is 0.268 e. The Morgan fingerprint density at radius 1 is 1.14 bits per heavy atom. The normalized spacial score (nSPS) is 10.5. The quantitative estimate of drug-likeness (QED) is 0.689. The molecule has 0 aliphatic heterocycles. The van der Waals surface area contributed by atoms with E-state index in [0.29, 0.717) is 16.4 Å². The molecule has 2 aromatic heterocycles. The first-order valence-electron chi connectivity index (χ1n) is 6.37. The molecule has 0 radical (unpaired) electrons. The molecule has 0 fully saturated rings. The van der Waals surface area contributed by atoms with Gasteiger partial charge in [0.1, 0.15) is 5.76 Å². The van der Waals surface area contributed by atoms with Gasteiger partial charge in [0.25, 0.3) is 5.91 Å². The molecule has 106 valence electrons. The van der Waals surface area contributed by atoms with E-state index in [0.717, 1.165) is 11.4 Å². The van der Waals surface area contributed by atoms with Crippen LogP contribution in [0.2, 0.25) is 5.02 Å². The van der Waals surface area contributed by atoms with Crippen molar-refractivity contribution in [3.8, 4) is 0 Å². The minimum absolute atomic E-state index is 0.0521. The Bertz CT molecular complexity index is 705. The maximum atomic E-state index is 12.7. The summed E-state index contributed by atoms with van der Waals surface area (Å²) in [7, 11) is 0. The second kappa shape index (κ2) is 6.16. The molecule has 21 heavy (non-hydrogen) atoms. The molecule has 1 aromatic carbocycles. The standard InChI is InChI=1S/C16H12ClNO2S/c17-12-5-7-13(8-6-12)18(11-14-3-1-9-20-14)16(19)15-4-2-10-21-15/h1-10H,11H2. The van der Waals surface area contributed by atoms with E-state index >= 15 is 0 Å². The summed E-state index contributed by atoms with van der Waals surface area (Å²) >= 11 is 7.34. The zero-order chi connectivity index (χ0) is 14.7. The van der Waals surface area contributed by atoms with Crippen LogP contribution < -0.4 is 4.90 Å². The molecule has 0 unspecified atom stereocenters. The van der Waals surface area contributed by atoms with Crippen molar-refractivity contribution >= 4 is 34.5 Å². The van der Waals surface area contributed by atoms with Gasteiger partial charge in [0.15, 0.2) is 0 Å². The van der Waals surface area contributed by atoms with Gasteiger partial charge in [-0.2, -0.15) is 0 Å². The minimum Gasteiger partial charge on any atom is -0.467 e. The van der Waals surface area contributed by atoms with Crippen LogP contribution in [0.5, 0.6) is 0 Å². The van der Waals surface area contributed by atoms with Crippen LogP contribution in [-0.2, 0) is 6.54 Å². The molecular formula is C16H12ClNO2S. The molecule has 0 bridgehead atoms. The van der Waals surface area contributed by atoms with Gasteiger partial charge in [-0.3, -0.25) is 4.79 Å². The summed E-state index contributed by atoms with van der Waals surface area (Å²) < 4.78 is 5.36. The van der Waals surface area contributed by atoms with Crippen LogP contribution in [-0.4, -0.2) is 5.91 Å². The molecule has 0 saturated carbocycles. The third-order valence-electron chi connectivity index (χ3n) is 3.01. The highest BCUT2D eigenvalue weighted by atomic mass is 35.5. The van der Waals surface area contributed by atoms with Gasteiger partial charge in [-0.25, -0.2) is 0 Å². The maximum Gasteiger partial charge on any atom is 0.268 e. The molecule has 0 aliphatic rings. The van der Waals surface area contributed by atoms with E-state index in [4.69, 9.17) is 16.0 Å². The molecule has 3 aromatic rings. The molecule has 3 rings (SSSR count). The Morgan fingerprint density at radius 3 is 2.57 bits per heavy atom. The fourth-order valence-corrected chi connectivity index (χ4v) is 2.79. The molecule has 2 heterocycles. The molecule has 0 N–H and O–H groups in total. The van der Waals surface area contributed by atoms with Crippen molar-refractivity contribution in [2.75, 3.05) is 4.90 Å². The molecule has 0 spiro atoms. The third kappa shape index (κ3) is 3.17. The van der Waals surface area contributed by atoms with E-state index in [1.54, 1.807) is 23.3 Å². The number of hydrogen-bond donors (Lipinski definition) is 0. The number of thiophene rings is 1. The largest absolute Gasteiger partial charge is 0.467 e. The highest BCUT2D eigenvalue weighted by molar-refractivity contribution is 7.12. The summed E-state index contributed by atoms with van der Waals surface area (Å²) in [6, 6.07) is 14.5. The second-order valence-corrected chi connectivity index (χ2v) is 5.81. The lowest BCUT2D eigenvalue weighted by Gasteiger charge is -2.21. The molecule has 3 nitrogen and oxygen atoms in total. The van der Waals surface area contributed by atoms with E-state index in [1.807, 2.05) is 41.8 Å². The van der Waals surface area contributed by atoms with Crippen LogP contribution in [0.15, 0.2) is 64.6 Å². The summed E-state index contributed by atoms with van der Waals surface area (Å²) in [5.74, 6) is 0.679. The van der Waals surface area contributed by atoms with Crippen molar-refractivity contribution < 1.29 is 9.21 Å². The zero-order valence-electron chi connectivity index (χ0n) is 11.0. The first kappa shape index (κ1) is 13.9. The number of rotatable bonds is 4. The molecule has 0 saturated heterocycles. The Morgan fingerprint density at radius 2 is 1.95 bits per heavy atom. The number of hydrogen-bond acceptors (Lipinski definition) is 3. The minimum atomic E-state index is -0.0521. The summed E-state index contributed by atoms with van der Waals surface area (Å²) in [6.45, 7) is 0.380. The molecule has 1 amide bonds. The number of carbonyl (C=O) groups excluding carboxylic acids is 1. The average Bonchev–Trinajstić information content (AvgIpc) is 3.18. The third-order valence-corrected chi connectivity index (χ3v) is 4.12. The van der Waals surface area contributed by atoms with Crippen molar-refractivity contribution in [2.24, 2.45) is 0 Å². The van der Waals surface area contributed by atoms with Gasteiger partial charge in [-0.05, 0) is 47.8 Å². The van der Waals surface area contributed by atoms with E-state index in [1.165, 1.54) is 11.3 Å². The Hall–Kier alpha value is -2.04. The lowest BCUT2D eigenvalue weighted by atomic mass is 10.2. The number of anilines is 1. The van der Waals surface area contributed by atoms with Crippen molar-refractivity contribution in [1.82, 2.24) is 0 Å². The number of carbonyl (C=O) groups is 1. The number of benzene rings is 1. The Kier molecular flexibility index (Phi) is 4.08. The fourth-order valence-electron chi connectivity index (χ4n) is 1.99. The average molecular weight is 318 g/mol. The summed E-state index contributed by atoms with van der Waals surface area (Å²) in [4.78, 5) is 15.1. The summed E-state index contributed by atoms with van der Waals surface area (Å²) in [5, 5.41) is 2.53. The van der Waals surface area contributed by atoms with Gasteiger partial charge >= 0.3 is 0 Å². The van der Waals surface area contributed by atoms with Gasteiger partial charge in [0.2, 0.25) is 0 Å². The van der Waals surface area contributed by atoms with E-state index in [-0.39, 0.29) is 5.91 Å². The predicted octanol–water partition coefficient (Wildman–Crippen LogP) is 4.84. The van der Waals surface area contributed by atoms with Crippen molar-refractivity contribution in [1.29, 1.82) is 0 Å². The highest BCUT2D eigenvalue weighted by Crippen LogP contribution is 2.24. The van der Waals surface area contributed by atoms with Gasteiger partial charge in [0, 0.05) is 10.7 Å². The van der Waals surface area contributed by atoms with Gasteiger partial charge in [0.05, 0.1) is 17.7 Å². The van der Waals surface area contributed by atoms with Crippen LogP contribution in [0.1, 0.15) is 15.4 Å². The Balaban J connectivity index is 1.94.